The number of likely N-dealkylation sites (N-methyl/N-ethyl adjacent to an activating group) is 1. The van der Waals surface area contributed by atoms with Gasteiger partial charge in [0.2, 0.25) is 0 Å². The Kier molecular flexibility index (Phi) is 5.57. The zero-order chi connectivity index (χ0) is 14.4. The van der Waals surface area contributed by atoms with Crippen molar-refractivity contribution in [3.05, 3.63) is 70.5 Å². The van der Waals surface area contributed by atoms with Crippen LogP contribution in [0.3, 0.4) is 0 Å². The molecule has 0 aliphatic rings. The monoisotopic (exact) mass is 291 g/mol. The maximum atomic E-state index is 13.3. The van der Waals surface area contributed by atoms with E-state index in [1.165, 1.54) is 17.7 Å². The average Bonchev–Trinajstić information content (AvgIpc) is 2.47. The summed E-state index contributed by atoms with van der Waals surface area (Å²) in [6, 6.07) is 14.9. The number of aryl methyl sites for hydroxylation is 1. The fraction of sp³-hybridized carbons (Fsp3) is 0.294. The van der Waals surface area contributed by atoms with Crippen molar-refractivity contribution >= 4 is 11.6 Å². The predicted octanol–water partition coefficient (Wildman–Crippen LogP) is 4.41. The summed E-state index contributed by atoms with van der Waals surface area (Å²) >= 11 is 6.12. The molecule has 0 radical (unpaired) electrons. The van der Waals surface area contributed by atoms with Crippen molar-refractivity contribution in [2.24, 2.45) is 0 Å². The van der Waals surface area contributed by atoms with Crippen molar-refractivity contribution in [1.29, 1.82) is 0 Å². The van der Waals surface area contributed by atoms with Crippen LogP contribution in [0.4, 0.5) is 4.39 Å². The van der Waals surface area contributed by atoms with Crippen molar-refractivity contribution in [2.45, 2.75) is 18.8 Å². The fourth-order valence-electron chi connectivity index (χ4n) is 2.42. The minimum Gasteiger partial charge on any atom is -0.319 e. The summed E-state index contributed by atoms with van der Waals surface area (Å²) in [4.78, 5) is 0. The van der Waals surface area contributed by atoms with Crippen LogP contribution in [-0.4, -0.2) is 13.6 Å². The zero-order valence-corrected chi connectivity index (χ0v) is 12.3. The molecule has 0 aliphatic heterocycles. The Hall–Kier alpha value is -1.38. The van der Waals surface area contributed by atoms with Crippen molar-refractivity contribution in [1.82, 2.24) is 5.32 Å². The van der Waals surface area contributed by atoms with Crippen LogP contribution in [0.2, 0.25) is 5.02 Å². The molecule has 0 amide bonds. The number of rotatable bonds is 6. The summed E-state index contributed by atoms with van der Waals surface area (Å²) in [6.07, 6.45) is 1.71. The molecule has 0 aromatic heterocycles. The molecule has 3 heteroatoms. The van der Waals surface area contributed by atoms with E-state index in [2.05, 4.69) is 17.4 Å². The average molecular weight is 292 g/mol. The van der Waals surface area contributed by atoms with Gasteiger partial charge in [-0.15, -0.1) is 0 Å². The molecule has 2 aromatic rings. The molecule has 0 bridgehead atoms. The zero-order valence-electron chi connectivity index (χ0n) is 11.6. The first-order valence-corrected chi connectivity index (χ1v) is 7.22. The maximum Gasteiger partial charge on any atom is 0.123 e. The van der Waals surface area contributed by atoms with Gasteiger partial charge >= 0.3 is 0 Å². The van der Waals surface area contributed by atoms with Crippen LogP contribution in [0.1, 0.15) is 23.5 Å². The third kappa shape index (κ3) is 4.06. The molecule has 0 aliphatic carbocycles. The van der Waals surface area contributed by atoms with Crippen LogP contribution >= 0.6 is 11.6 Å². The van der Waals surface area contributed by atoms with Crippen molar-refractivity contribution in [2.75, 3.05) is 13.6 Å². The van der Waals surface area contributed by atoms with Gasteiger partial charge in [-0.05, 0) is 55.1 Å². The number of benzene rings is 2. The standard InChI is InChI=1S/C17H19ClFN/c1-20-12-15(13-5-3-2-4-6-13)8-7-14-11-16(19)9-10-17(14)18/h2-6,9-11,15,20H,7-8,12H2,1H3. The quantitative estimate of drug-likeness (QED) is 0.831. The highest BCUT2D eigenvalue weighted by atomic mass is 35.5. The van der Waals surface area contributed by atoms with E-state index < -0.39 is 0 Å². The molecule has 2 rings (SSSR count). The maximum absolute atomic E-state index is 13.3. The van der Waals surface area contributed by atoms with Crippen LogP contribution in [0, 0.1) is 5.82 Å². The molecule has 0 spiro atoms. The minimum atomic E-state index is -0.228. The Morgan fingerprint density at radius 3 is 2.60 bits per heavy atom. The summed E-state index contributed by atoms with van der Waals surface area (Å²) in [7, 11) is 1.95. The third-order valence-corrected chi connectivity index (χ3v) is 3.86. The van der Waals surface area contributed by atoms with E-state index in [0.717, 1.165) is 24.9 Å². The molecule has 0 saturated heterocycles. The first kappa shape index (κ1) is 15.0. The molecule has 106 valence electrons. The summed E-state index contributed by atoms with van der Waals surface area (Å²) in [6.45, 7) is 0.900. The lowest BCUT2D eigenvalue weighted by Crippen LogP contribution is -2.18. The molecule has 0 saturated carbocycles. The van der Waals surface area contributed by atoms with Gasteiger partial charge in [0.25, 0.3) is 0 Å². The van der Waals surface area contributed by atoms with Gasteiger partial charge in [-0.25, -0.2) is 4.39 Å². The summed E-state index contributed by atoms with van der Waals surface area (Å²) in [5.41, 5.74) is 2.18. The lowest BCUT2D eigenvalue weighted by atomic mass is 9.92. The Morgan fingerprint density at radius 1 is 1.15 bits per heavy atom. The molecule has 0 heterocycles. The molecule has 1 atom stereocenters. The highest BCUT2D eigenvalue weighted by Gasteiger charge is 2.12. The predicted molar refractivity (Wildman–Crippen MR) is 82.8 cm³/mol. The number of halogens is 2. The van der Waals surface area contributed by atoms with Gasteiger partial charge in [-0.1, -0.05) is 41.9 Å². The number of hydrogen-bond acceptors (Lipinski definition) is 1. The first-order chi connectivity index (χ1) is 9.70. The van der Waals surface area contributed by atoms with E-state index in [4.69, 9.17) is 11.6 Å². The van der Waals surface area contributed by atoms with Gasteiger partial charge in [0.05, 0.1) is 0 Å². The van der Waals surface area contributed by atoms with E-state index in [1.54, 1.807) is 6.07 Å². The third-order valence-electron chi connectivity index (χ3n) is 3.49. The van der Waals surface area contributed by atoms with Crippen molar-refractivity contribution < 1.29 is 4.39 Å². The molecule has 1 unspecified atom stereocenters. The lowest BCUT2D eigenvalue weighted by Gasteiger charge is -2.17. The molecule has 1 N–H and O–H groups in total. The molecule has 20 heavy (non-hydrogen) atoms. The van der Waals surface area contributed by atoms with Gasteiger partial charge in [0.15, 0.2) is 0 Å². The van der Waals surface area contributed by atoms with Crippen LogP contribution in [0.5, 0.6) is 0 Å². The van der Waals surface area contributed by atoms with Crippen LogP contribution in [-0.2, 0) is 6.42 Å². The Bertz CT molecular complexity index is 542. The van der Waals surface area contributed by atoms with E-state index in [-0.39, 0.29) is 5.82 Å². The second kappa shape index (κ2) is 7.41. The topological polar surface area (TPSA) is 12.0 Å². The second-order valence-corrected chi connectivity index (χ2v) is 5.35. The van der Waals surface area contributed by atoms with Gasteiger partial charge in [-0.2, -0.15) is 0 Å². The molecule has 0 fully saturated rings. The highest BCUT2D eigenvalue weighted by Crippen LogP contribution is 2.24. The fourth-order valence-corrected chi connectivity index (χ4v) is 2.63. The minimum absolute atomic E-state index is 0.228. The summed E-state index contributed by atoms with van der Waals surface area (Å²) < 4.78 is 13.3. The van der Waals surface area contributed by atoms with E-state index in [1.807, 2.05) is 25.2 Å². The number of hydrogen-bond donors (Lipinski definition) is 1. The van der Waals surface area contributed by atoms with E-state index >= 15 is 0 Å². The molecule has 2 aromatic carbocycles. The summed E-state index contributed by atoms with van der Waals surface area (Å²) in [5, 5.41) is 3.86. The Balaban J connectivity index is 2.07. The second-order valence-electron chi connectivity index (χ2n) is 4.94. The van der Waals surface area contributed by atoms with Crippen molar-refractivity contribution in [3.8, 4) is 0 Å². The largest absolute Gasteiger partial charge is 0.319 e. The van der Waals surface area contributed by atoms with Crippen LogP contribution in [0.15, 0.2) is 48.5 Å². The summed E-state index contributed by atoms with van der Waals surface area (Å²) in [5.74, 6) is 0.176. The SMILES string of the molecule is CNCC(CCc1cc(F)ccc1Cl)c1ccccc1. The Morgan fingerprint density at radius 2 is 1.90 bits per heavy atom. The Labute approximate surface area is 124 Å². The van der Waals surface area contributed by atoms with Gasteiger partial charge < -0.3 is 5.32 Å². The number of nitrogens with one attached hydrogen (secondary N) is 1. The molecular formula is C17H19ClFN. The van der Waals surface area contributed by atoms with Crippen molar-refractivity contribution in [3.63, 3.8) is 0 Å². The van der Waals surface area contributed by atoms with Crippen LogP contribution < -0.4 is 5.32 Å². The lowest BCUT2D eigenvalue weighted by molar-refractivity contribution is 0.580. The van der Waals surface area contributed by atoms with Crippen LogP contribution in [0.25, 0.3) is 0 Å². The van der Waals surface area contributed by atoms with Gasteiger partial charge in [-0.3, -0.25) is 0 Å². The van der Waals surface area contributed by atoms with E-state index in [0.29, 0.717) is 10.9 Å². The molecule has 1 nitrogen and oxygen atoms in total. The van der Waals surface area contributed by atoms with Gasteiger partial charge in [0, 0.05) is 11.6 Å². The van der Waals surface area contributed by atoms with E-state index in [9.17, 15) is 4.39 Å². The first-order valence-electron chi connectivity index (χ1n) is 6.84. The van der Waals surface area contributed by atoms with Gasteiger partial charge in [0.1, 0.15) is 5.82 Å². The molecular weight excluding hydrogens is 273 g/mol. The smallest absolute Gasteiger partial charge is 0.123 e. The highest BCUT2D eigenvalue weighted by molar-refractivity contribution is 6.31. The normalized spacial score (nSPS) is 12.3.